The molecule has 1 atom stereocenters. The fourth-order valence-corrected chi connectivity index (χ4v) is 2.81. The van der Waals surface area contributed by atoms with E-state index in [1.165, 1.54) is 6.07 Å². The van der Waals surface area contributed by atoms with Crippen LogP contribution in [0, 0.1) is 10.1 Å². The molecule has 0 aliphatic carbocycles. The Morgan fingerprint density at radius 3 is 2.12 bits per heavy atom. The normalized spacial score (nSPS) is 11.5. The molecular formula is C21H18N2O3. The van der Waals surface area contributed by atoms with E-state index in [9.17, 15) is 14.9 Å². The molecule has 0 amide bonds. The lowest BCUT2D eigenvalue weighted by atomic mass is 9.97. The third kappa shape index (κ3) is 4.13. The SMILES string of the molecule is O=C(CC(Nc1ccccc1[N+](=O)[O-])c1ccccc1)c1ccccc1. The standard InChI is InChI=1S/C21H18N2O3/c24-21(17-11-5-2-6-12-17)15-19(16-9-3-1-4-10-16)22-18-13-7-8-14-20(18)23(25)26/h1-14,19,22H,15H2. The Hall–Kier alpha value is -3.47. The summed E-state index contributed by atoms with van der Waals surface area (Å²) in [7, 11) is 0. The van der Waals surface area contributed by atoms with Gasteiger partial charge in [0.2, 0.25) is 0 Å². The molecule has 0 heterocycles. The molecule has 0 spiro atoms. The molecular weight excluding hydrogens is 328 g/mol. The molecule has 0 bridgehead atoms. The number of hydrogen-bond acceptors (Lipinski definition) is 4. The van der Waals surface area contributed by atoms with E-state index in [0.29, 0.717) is 11.3 Å². The first-order valence-electron chi connectivity index (χ1n) is 8.28. The maximum Gasteiger partial charge on any atom is 0.292 e. The summed E-state index contributed by atoms with van der Waals surface area (Å²) in [4.78, 5) is 23.5. The van der Waals surface area contributed by atoms with Crippen LogP contribution in [0.4, 0.5) is 11.4 Å². The monoisotopic (exact) mass is 346 g/mol. The van der Waals surface area contributed by atoms with Crippen LogP contribution >= 0.6 is 0 Å². The number of carbonyl (C=O) groups excluding carboxylic acids is 1. The minimum atomic E-state index is -0.427. The summed E-state index contributed by atoms with van der Waals surface area (Å²) < 4.78 is 0. The molecule has 0 aromatic heterocycles. The second kappa shape index (κ2) is 8.07. The molecule has 1 N–H and O–H groups in total. The van der Waals surface area contributed by atoms with Crippen LogP contribution in [-0.2, 0) is 0 Å². The van der Waals surface area contributed by atoms with Gasteiger partial charge in [-0.1, -0.05) is 72.8 Å². The van der Waals surface area contributed by atoms with E-state index < -0.39 is 4.92 Å². The zero-order chi connectivity index (χ0) is 18.4. The van der Waals surface area contributed by atoms with E-state index >= 15 is 0 Å². The van der Waals surface area contributed by atoms with Crippen LogP contribution in [0.1, 0.15) is 28.4 Å². The maximum absolute atomic E-state index is 12.7. The van der Waals surface area contributed by atoms with Crippen molar-refractivity contribution in [3.8, 4) is 0 Å². The number of rotatable bonds is 7. The molecule has 0 fully saturated rings. The summed E-state index contributed by atoms with van der Waals surface area (Å²) in [5.74, 6) is -0.0227. The molecule has 0 saturated carbocycles. The van der Waals surface area contributed by atoms with Crippen molar-refractivity contribution in [2.24, 2.45) is 0 Å². The van der Waals surface area contributed by atoms with Crippen LogP contribution in [-0.4, -0.2) is 10.7 Å². The summed E-state index contributed by atoms with van der Waals surface area (Å²) in [6.45, 7) is 0. The summed E-state index contributed by atoms with van der Waals surface area (Å²) in [6, 6.07) is 24.6. The van der Waals surface area contributed by atoms with Crippen molar-refractivity contribution in [2.75, 3.05) is 5.32 Å². The smallest absolute Gasteiger partial charge is 0.292 e. The molecule has 5 heteroatoms. The number of hydrogen-bond donors (Lipinski definition) is 1. The van der Waals surface area contributed by atoms with E-state index in [2.05, 4.69) is 5.32 Å². The fourth-order valence-electron chi connectivity index (χ4n) is 2.81. The van der Waals surface area contributed by atoms with Gasteiger partial charge in [0.05, 0.1) is 11.0 Å². The number of Topliss-reactive ketones (excluding diaryl/α,β-unsaturated/α-hetero) is 1. The maximum atomic E-state index is 12.7. The van der Waals surface area contributed by atoms with Gasteiger partial charge in [-0.05, 0) is 11.6 Å². The molecule has 130 valence electrons. The van der Waals surface area contributed by atoms with Crippen LogP contribution in [0.25, 0.3) is 0 Å². The first-order valence-corrected chi connectivity index (χ1v) is 8.28. The lowest BCUT2D eigenvalue weighted by Crippen LogP contribution is -2.16. The lowest BCUT2D eigenvalue weighted by Gasteiger charge is -2.20. The molecule has 0 saturated heterocycles. The molecule has 0 radical (unpaired) electrons. The number of nitrogens with zero attached hydrogens (tertiary/aromatic N) is 1. The molecule has 0 aliphatic rings. The summed E-state index contributed by atoms with van der Waals surface area (Å²) >= 11 is 0. The summed E-state index contributed by atoms with van der Waals surface area (Å²) in [5.41, 5.74) is 1.90. The number of nitrogens with one attached hydrogen (secondary N) is 1. The van der Waals surface area contributed by atoms with Gasteiger partial charge < -0.3 is 5.32 Å². The minimum absolute atomic E-state index is 0.0133. The number of nitro groups is 1. The Balaban J connectivity index is 1.90. The Morgan fingerprint density at radius 2 is 1.46 bits per heavy atom. The van der Waals surface area contributed by atoms with Crippen molar-refractivity contribution in [2.45, 2.75) is 12.5 Å². The van der Waals surface area contributed by atoms with Crippen LogP contribution < -0.4 is 5.32 Å². The number of anilines is 1. The van der Waals surface area contributed by atoms with Gasteiger partial charge in [0.1, 0.15) is 5.69 Å². The third-order valence-corrected chi connectivity index (χ3v) is 4.12. The number of carbonyl (C=O) groups is 1. The Morgan fingerprint density at radius 1 is 0.885 bits per heavy atom. The van der Waals surface area contributed by atoms with Gasteiger partial charge in [0, 0.05) is 18.1 Å². The average molecular weight is 346 g/mol. The van der Waals surface area contributed by atoms with Crippen LogP contribution in [0.3, 0.4) is 0 Å². The topological polar surface area (TPSA) is 72.2 Å². The number of para-hydroxylation sites is 2. The summed E-state index contributed by atoms with van der Waals surface area (Å²) in [6.07, 6.45) is 0.195. The second-order valence-corrected chi connectivity index (χ2v) is 5.88. The number of nitro benzene ring substituents is 1. The quantitative estimate of drug-likeness (QED) is 0.370. The zero-order valence-corrected chi connectivity index (χ0v) is 14.0. The molecule has 26 heavy (non-hydrogen) atoms. The Labute approximate surface area is 151 Å². The van der Waals surface area contributed by atoms with E-state index in [1.807, 2.05) is 48.5 Å². The highest BCUT2D eigenvalue weighted by Crippen LogP contribution is 2.30. The molecule has 3 aromatic carbocycles. The van der Waals surface area contributed by atoms with E-state index in [1.54, 1.807) is 30.3 Å². The highest BCUT2D eigenvalue weighted by molar-refractivity contribution is 5.96. The van der Waals surface area contributed by atoms with E-state index in [4.69, 9.17) is 0 Å². The van der Waals surface area contributed by atoms with Gasteiger partial charge >= 0.3 is 0 Å². The van der Waals surface area contributed by atoms with Crippen molar-refractivity contribution >= 4 is 17.2 Å². The Kier molecular flexibility index (Phi) is 5.39. The number of ketones is 1. The third-order valence-electron chi connectivity index (χ3n) is 4.12. The van der Waals surface area contributed by atoms with Crippen molar-refractivity contribution in [1.82, 2.24) is 0 Å². The van der Waals surface area contributed by atoms with Gasteiger partial charge in [-0.15, -0.1) is 0 Å². The zero-order valence-electron chi connectivity index (χ0n) is 14.0. The van der Waals surface area contributed by atoms with E-state index in [0.717, 1.165) is 5.56 Å². The summed E-state index contributed by atoms with van der Waals surface area (Å²) in [5, 5.41) is 14.5. The van der Waals surface area contributed by atoms with Crippen molar-refractivity contribution < 1.29 is 9.72 Å². The highest BCUT2D eigenvalue weighted by Gasteiger charge is 2.21. The average Bonchev–Trinajstić information content (AvgIpc) is 2.69. The second-order valence-electron chi connectivity index (χ2n) is 5.88. The van der Waals surface area contributed by atoms with Gasteiger partial charge in [-0.25, -0.2) is 0 Å². The first kappa shape index (κ1) is 17.4. The molecule has 1 unspecified atom stereocenters. The first-order chi connectivity index (χ1) is 12.6. The van der Waals surface area contributed by atoms with Crippen LogP contribution in [0.2, 0.25) is 0 Å². The van der Waals surface area contributed by atoms with Gasteiger partial charge in [-0.2, -0.15) is 0 Å². The molecule has 0 aliphatic heterocycles. The lowest BCUT2D eigenvalue weighted by molar-refractivity contribution is -0.384. The molecule has 5 nitrogen and oxygen atoms in total. The Bertz CT molecular complexity index is 895. The predicted molar refractivity (Wildman–Crippen MR) is 101 cm³/mol. The number of benzene rings is 3. The van der Waals surface area contributed by atoms with Crippen LogP contribution in [0.5, 0.6) is 0 Å². The van der Waals surface area contributed by atoms with Crippen molar-refractivity contribution in [3.05, 3.63) is 106 Å². The fraction of sp³-hybridized carbons (Fsp3) is 0.0952. The van der Waals surface area contributed by atoms with Crippen LogP contribution in [0.15, 0.2) is 84.9 Å². The molecule has 3 aromatic rings. The van der Waals surface area contributed by atoms with Crippen molar-refractivity contribution in [3.63, 3.8) is 0 Å². The van der Waals surface area contributed by atoms with E-state index in [-0.39, 0.29) is 23.9 Å². The van der Waals surface area contributed by atoms with Gasteiger partial charge in [0.15, 0.2) is 5.78 Å². The minimum Gasteiger partial charge on any atom is -0.372 e. The van der Waals surface area contributed by atoms with Crippen molar-refractivity contribution in [1.29, 1.82) is 0 Å². The van der Waals surface area contributed by atoms with Gasteiger partial charge in [0.25, 0.3) is 5.69 Å². The molecule has 3 rings (SSSR count). The van der Waals surface area contributed by atoms with Gasteiger partial charge in [-0.3, -0.25) is 14.9 Å². The highest BCUT2D eigenvalue weighted by atomic mass is 16.6. The largest absolute Gasteiger partial charge is 0.372 e. The predicted octanol–water partition coefficient (Wildman–Crippen LogP) is 5.02.